The van der Waals surface area contributed by atoms with E-state index in [4.69, 9.17) is 4.74 Å². The van der Waals surface area contributed by atoms with Crippen LogP contribution in [0.1, 0.15) is 18.1 Å². The van der Waals surface area contributed by atoms with Crippen LogP contribution in [0.25, 0.3) is 10.8 Å². The summed E-state index contributed by atoms with van der Waals surface area (Å²) in [6, 6.07) is 10.2. The molecule has 2 aromatic carbocycles. The number of aromatic nitrogens is 1. The van der Waals surface area contributed by atoms with Crippen molar-refractivity contribution < 1.29 is 17.9 Å². The molecule has 0 radical (unpaired) electrons. The maximum absolute atomic E-state index is 12.7. The third-order valence-corrected chi connectivity index (χ3v) is 3.85. The molecule has 0 saturated carbocycles. The van der Waals surface area contributed by atoms with Gasteiger partial charge in [-0.1, -0.05) is 12.1 Å². The highest BCUT2D eigenvalue weighted by molar-refractivity contribution is 5.90. The summed E-state index contributed by atoms with van der Waals surface area (Å²) in [5.74, 6) is 0.910. The number of fused-ring (bicyclic) bond motifs is 1. The van der Waals surface area contributed by atoms with Crippen LogP contribution in [-0.4, -0.2) is 4.98 Å². The van der Waals surface area contributed by atoms with Crippen molar-refractivity contribution in [3.8, 4) is 11.5 Å². The fourth-order valence-corrected chi connectivity index (χ4v) is 2.59. The standard InChI is InChI=1S/C20H17F3N2O/c1-2-10-24-12-14-3-8-19(17-9-11-25-13-18(14)17)26-16-6-4-15(5-7-16)20(21,22)23/h2-11,13,24H,12H2,1H3. The molecule has 1 aromatic heterocycles. The lowest BCUT2D eigenvalue weighted by molar-refractivity contribution is -0.137. The number of nitrogens with one attached hydrogen (secondary N) is 1. The van der Waals surface area contributed by atoms with E-state index in [1.165, 1.54) is 12.1 Å². The normalized spacial score (nSPS) is 11.8. The fraction of sp³-hybridized carbons (Fsp3) is 0.150. The van der Waals surface area contributed by atoms with Crippen LogP contribution in [0.5, 0.6) is 11.5 Å². The average Bonchev–Trinajstić information content (AvgIpc) is 2.63. The van der Waals surface area contributed by atoms with Crippen molar-refractivity contribution in [2.75, 3.05) is 0 Å². The van der Waals surface area contributed by atoms with Crippen LogP contribution in [-0.2, 0) is 12.7 Å². The number of rotatable bonds is 5. The second kappa shape index (κ2) is 7.47. The molecule has 0 spiro atoms. The van der Waals surface area contributed by atoms with E-state index in [-0.39, 0.29) is 0 Å². The lowest BCUT2D eigenvalue weighted by Crippen LogP contribution is -2.05. The molecule has 0 amide bonds. The van der Waals surface area contributed by atoms with Gasteiger partial charge in [0.25, 0.3) is 0 Å². The van der Waals surface area contributed by atoms with Gasteiger partial charge in [-0.3, -0.25) is 4.98 Å². The minimum Gasteiger partial charge on any atom is -0.457 e. The van der Waals surface area contributed by atoms with Crippen molar-refractivity contribution in [2.45, 2.75) is 19.6 Å². The SMILES string of the molecule is CC=CNCc1ccc(Oc2ccc(C(F)(F)F)cc2)c2ccncc12. The van der Waals surface area contributed by atoms with Gasteiger partial charge in [0.05, 0.1) is 5.56 Å². The number of benzene rings is 2. The largest absolute Gasteiger partial charge is 0.457 e. The molecular weight excluding hydrogens is 341 g/mol. The van der Waals surface area contributed by atoms with Gasteiger partial charge < -0.3 is 10.1 Å². The van der Waals surface area contributed by atoms with Crippen molar-refractivity contribution in [3.05, 3.63) is 78.3 Å². The van der Waals surface area contributed by atoms with Gasteiger partial charge in [0.2, 0.25) is 0 Å². The number of halogens is 3. The zero-order valence-electron chi connectivity index (χ0n) is 14.0. The van der Waals surface area contributed by atoms with Gasteiger partial charge >= 0.3 is 6.18 Å². The zero-order chi connectivity index (χ0) is 18.6. The van der Waals surface area contributed by atoms with E-state index < -0.39 is 11.7 Å². The first-order valence-corrected chi connectivity index (χ1v) is 8.04. The molecule has 0 atom stereocenters. The van der Waals surface area contributed by atoms with Crippen LogP contribution in [0.4, 0.5) is 13.2 Å². The maximum atomic E-state index is 12.7. The van der Waals surface area contributed by atoms with Gasteiger partial charge in [-0.15, -0.1) is 0 Å². The summed E-state index contributed by atoms with van der Waals surface area (Å²) in [6.45, 7) is 2.56. The van der Waals surface area contributed by atoms with E-state index in [0.717, 1.165) is 28.5 Å². The summed E-state index contributed by atoms with van der Waals surface area (Å²) in [4.78, 5) is 4.16. The van der Waals surface area contributed by atoms with Gasteiger partial charge in [0, 0.05) is 29.7 Å². The van der Waals surface area contributed by atoms with Gasteiger partial charge in [-0.25, -0.2) is 0 Å². The molecule has 3 nitrogen and oxygen atoms in total. The number of hydrogen-bond donors (Lipinski definition) is 1. The molecule has 0 aliphatic carbocycles. The van der Waals surface area contributed by atoms with E-state index in [1.807, 2.05) is 37.4 Å². The Morgan fingerprint density at radius 3 is 2.50 bits per heavy atom. The molecule has 0 bridgehead atoms. The molecule has 0 fully saturated rings. The molecular formula is C20H17F3N2O. The van der Waals surface area contributed by atoms with E-state index in [1.54, 1.807) is 12.4 Å². The Bertz CT molecular complexity index is 918. The summed E-state index contributed by atoms with van der Waals surface area (Å²) < 4.78 is 43.8. The second-order valence-electron chi connectivity index (χ2n) is 5.65. The minimum absolute atomic E-state index is 0.343. The van der Waals surface area contributed by atoms with Crippen LogP contribution in [0.2, 0.25) is 0 Å². The quantitative estimate of drug-likeness (QED) is 0.638. The Hall–Kier alpha value is -3.02. The number of alkyl halides is 3. The van der Waals surface area contributed by atoms with Crippen LogP contribution in [0, 0.1) is 0 Å². The summed E-state index contributed by atoms with van der Waals surface area (Å²) >= 11 is 0. The van der Waals surface area contributed by atoms with Crippen LogP contribution >= 0.6 is 0 Å². The number of nitrogens with zero attached hydrogens (tertiary/aromatic N) is 1. The lowest BCUT2D eigenvalue weighted by atomic mass is 10.1. The smallest absolute Gasteiger partial charge is 0.416 e. The predicted octanol–water partition coefficient (Wildman–Crippen LogP) is 5.67. The average molecular weight is 358 g/mol. The Kier molecular flexibility index (Phi) is 5.11. The van der Waals surface area contributed by atoms with E-state index in [9.17, 15) is 13.2 Å². The molecule has 6 heteroatoms. The predicted molar refractivity (Wildman–Crippen MR) is 94.9 cm³/mol. The molecule has 134 valence electrons. The van der Waals surface area contributed by atoms with Crippen LogP contribution < -0.4 is 10.1 Å². The Morgan fingerprint density at radius 2 is 1.81 bits per heavy atom. The van der Waals surface area contributed by atoms with Crippen LogP contribution in [0.3, 0.4) is 0 Å². The first-order valence-electron chi connectivity index (χ1n) is 8.04. The highest BCUT2D eigenvalue weighted by atomic mass is 19.4. The van der Waals surface area contributed by atoms with Gasteiger partial charge in [0.1, 0.15) is 11.5 Å². The first kappa shape index (κ1) is 17.8. The van der Waals surface area contributed by atoms with Crippen molar-refractivity contribution in [1.29, 1.82) is 0 Å². The molecule has 0 saturated heterocycles. The highest BCUT2D eigenvalue weighted by Gasteiger charge is 2.30. The van der Waals surface area contributed by atoms with Gasteiger partial charge in [0.15, 0.2) is 0 Å². The second-order valence-corrected chi connectivity index (χ2v) is 5.65. The Labute approximate surface area is 149 Å². The lowest BCUT2D eigenvalue weighted by Gasteiger charge is -2.13. The fourth-order valence-electron chi connectivity index (χ4n) is 2.59. The Morgan fingerprint density at radius 1 is 1.04 bits per heavy atom. The third kappa shape index (κ3) is 3.96. The van der Waals surface area contributed by atoms with Crippen LogP contribution in [0.15, 0.2) is 67.1 Å². The molecule has 26 heavy (non-hydrogen) atoms. The topological polar surface area (TPSA) is 34.1 Å². The summed E-state index contributed by atoms with van der Waals surface area (Å²) in [5, 5.41) is 4.95. The monoisotopic (exact) mass is 358 g/mol. The molecule has 0 aliphatic rings. The van der Waals surface area contributed by atoms with E-state index in [0.29, 0.717) is 18.0 Å². The molecule has 3 rings (SSSR count). The third-order valence-electron chi connectivity index (χ3n) is 3.85. The first-order chi connectivity index (χ1) is 12.5. The number of pyridine rings is 1. The van der Waals surface area contributed by atoms with Crippen molar-refractivity contribution in [2.24, 2.45) is 0 Å². The molecule has 1 heterocycles. The number of allylic oxidation sites excluding steroid dienone is 1. The highest BCUT2D eigenvalue weighted by Crippen LogP contribution is 2.34. The van der Waals surface area contributed by atoms with E-state index in [2.05, 4.69) is 10.3 Å². The van der Waals surface area contributed by atoms with E-state index >= 15 is 0 Å². The zero-order valence-corrected chi connectivity index (χ0v) is 14.0. The molecule has 0 aliphatic heterocycles. The number of ether oxygens (including phenoxy) is 1. The van der Waals surface area contributed by atoms with Crippen molar-refractivity contribution in [1.82, 2.24) is 10.3 Å². The van der Waals surface area contributed by atoms with Gasteiger partial charge in [-0.05, 0) is 55.1 Å². The molecule has 3 aromatic rings. The minimum atomic E-state index is -4.36. The molecule has 0 unspecified atom stereocenters. The van der Waals surface area contributed by atoms with Gasteiger partial charge in [-0.2, -0.15) is 13.2 Å². The maximum Gasteiger partial charge on any atom is 0.416 e. The Balaban J connectivity index is 1.90. The van der Waals surface area contributed by atoms with Crippen molar-refractivity contribution in [3.63, 3.8) is 0 Å². The summed E-state index contributed by atoms with van der Waals surface area (Å²) in [6.07, 6.45) is 2.81. The number of hydrogen-bond acceptors (Lipinski definition) is 3. The molecule has 1 N–H and O–H groups in total. The van der Waals surface area contributed by atoms with Crippen molar-refractivity contribution >= 4 is 10.8 Å². The summed E-state index contributed by atoms with van der Waals surface area (Å²) in [5.41, 5.74) is 0.343. The summed E-state index contributed by atoms with van der Waals surface area (Å²) in [7, 11) is 0.